The third-order valence-corrected chi connectivity index (χ3v) is 4.31. The number of hydrogen-bond acceptors (Lipinski definition) is 4. The molecule has 0 saturated heterocycles. The predicted molar refractivity (Wildman–Crippen MR) is 74.5 cm³/mol. The molecule has 0 spiro atoms. The van der Waals surface area contributed by atoms with Crippen LogP contribution in [-0.4, -0.2) is 19.0 Å². The Morgan fingerprint density at radius 3 is 2.74 bits per heavy atom. The first-order chi connectivity index (χ1) is 9.20. The van der Waals surface area contributed by atoms with E-state index in [-0.39, 0.29) is 11.8 Å². The molecular weight excluding hydrogens is 262 g/mol. The van der Waals surface area contributed by atoms with E-state index in [0.717, 1.165) is 22.9 Å². The molecule has 1 saturated carbocycles. The van der Waals surface area contributed by atoms with Crippen molar-refractivity contribution in [2.24, 2.45) is 5.92 Å². The molecule has 0 radical (unpaired) electrons. The Morgan fingerprint density at radius 1 is 1.32 bits per heavy atom. The summed E-state index contributed by atoms with van der Waals surface area (Å²) in [5, 5.41) is 3.77. The molecule has 19 heavy (non-hydrogen) atoms. The molecule has 4 nitrogen and oxygen atoms in total. The van der Waals surface area contributed by atoms with Gasteiger partial charge in [0, 0.05) is 16.0 Å². The van der Waals surface area contributed by atoms with Crippen molar-refractivity contribution in [1.29, 1.82) is 0 Å². The minimum absolute atomic E-state index is 0.00583. The van der Waals surface area contributed by atoms with Gasteiger partial charge in [-0.1, -0.05) is 18.2 Å². The average molecular weight is 275 g/mol. The van der Waals surface area contributed by atoms with E-state index in [1.807, 2.05) is 24.3 Å². The zero-order valence-corrected chi connectivity index (χ0v) is 11.3. The summed E-state index contributed by atoms with van der Waals surface area (Å²) in [5.74, 6) is -0.315. The first-order valence-corrected chi connectivity index (χ1v) is 6.93. The zero-order chi connectivity index (χ0) is 13.4. The second-order valence-electron chi connectivity index (χ2n) is 4.56. The topological polar surface area (TPSA) is 55.4 Å². The summed E-state index contributed by atoms with van der Waals surface area (Å²) < 4.78 is 5.75. The Kier molecular flexibility index (Phi) is 2.98. The number of amides is 1. The van der Waals surface area contributed by atoms with Crippen LogP contribution in [0.3, 0.4) is 0 Å². The molecule has 1 amide bonds. The van der Waals surface area contributed by atoms with Crippen molar-refractivity contribution >= 4 is 39.0 Å². The third kappa shape index (κ3) is 2.21. The number of fused-ring (bicyclic) bond motifs is 1. The maximum absolute atomic E-state index is 11.9. The van der Waals surface area contributed by atoms with Gasteiger partial charge in [0.1, 0.15) is 4.88 Å². The van der Waals surface area contributed by atoms with E-state index in [4.69, 9.17) is 4.74 Å². The van der Waals surface area contributed by atoms with Gasteiger partial charge in [0.15, 0.2) is 0 Å². The summed E-state index contributed by atoms with van der Waals surface area (Å²) >= 11 is 1.34. The van der Waals surface area contributed by atoms with Crippen molar-refractivity contribution in [2.45, 2.75) is 12.8 Å². The average Bonchev–Trinajstić information content (AvgIpc) is 3.22. The van der Waals surface area contributed by atoms with Crippen LogP contribution in [0.25, 0.3) is 10.1 Å². The van der Waals surface area contributed by atoms with Crippen LogP contribution in [0.5, 0.6) is 0 Å². The fourth-order valence-electron chi connectivity index (χ4n) is 1.98. The van der Waals surface area contributed by atoms with Crippen molar-refractivity contribution < 1.29 is 14.3 Å². The van der Waals surface area contributed by atoms with Crippen molar-refractivity contribution in [1.82, 2.24) is 0 Å². The molecule has 1 heterocycles. The lowest BCUT2D eigenvalue weighted by atomic mass is 10.2. The number of carbonyl (C=O) groups is 2. The van der Waals surface area contributed by atoms with Gasteiger partial charge in [0.2, 0.25) is 5.91 Å². The molecule has 0 unspecified atom stereocenters. The van der Waals surface area contributed by atoms with Crippen LogP contribution in [0.15, 0.2) is 24.3 Å². The molecular formula is C14H13NO3S. The van der Waals surface area contributed by atoms with Gasteiger partial charge in [-0.25, -0.2) is 4.79 Å². The summed E-state index contributed by atoms with van der Waals surface area (Å²) in [5.41, 5.74) is 0.587. The number of ether oxygens (including phenoxy) is 1. The fourth-order valence-corrected chi connectivity index (χ4v) is 3.05. The standard InChI is InChI=1S/C14H13NO3S/c1-18-14(17)12-11(15-13(16)8-6-7-8)9-4-2-3-5-10(9)19-12/h2-5,8H,6-7H2,1H3,(H,15,16). The molecule has 1 aromatic carbocycles. The van der Waals surface area contributed by atoms with Crippen LogP contribution in [-0.2, 0) is 9.53 Å². The minimum Gasteiger partial charge on any atom is -0.465 e. The predicted octanol–water partition coefficient (Wildman–Crippen LogP) is 3.04. The number of esters is 1. The molecule has 0 bridgehead atoms. The minimum atomic E-state index is -0.410. The molecule has 98 valence electrons. The van der Waals surface area contributed by atoms with E-state index in [1.54, 1.807) is 0 Å². The lowest BCUT2D eigenvalue weighted by Gasteiger charge is -2.05. The summed E-state index contributed by atoms with van der Waals surface area (Å²) in [6.45, 7) is 0. The molecule has 1 aromatic heterocycles. The van der Waals surface area contributed by atoms with Gasteiger partial charge in [-0.3, -0.25) is 4.79 Å². The molecule has 1 aliphatic rings. The maximum atomic E-state index is 11.9. The number of hydrogen-bond donors (Lipinski definition) is 1. The highest BCUT2D eigenvalue weighted by molar-refractivity contribution is 7.21. The second-order valence-corrected chi connectivity index (χ2v) is 5.61. The quantitative estimate of drug-likeness (QED) is 0.876. The molecule has 0 atom stereocenters. The maximum Gasteiger partial charge on any atom is 0.350 e. The molecule has 1 aliphatic carbocycles. The van der Waals surface area contributed by atoms with E-state index in [2.05, 4.69) is 5.32 Å². The van der Waals surface area contributed by atoms with Crippen LogP contribution >= 0.6 is 11.3 Å². The number of benzene rings is 1. The molecule has 1 fully saturated rings. The fraction of sp³-hybridized carbons (Fsp3) is 0.286. The van der Waals surface area contributed by atoms with Crippen molar-refractivity contribution in [3.8, 4) is 0 Å². The molecule has 2 aromatic rings. The van der Waals surface area contributed by atoms with Crippen LogP contribution in [0.4, 0.5) is 5.69 Å². The molecule has 5 heteroatoms. The van der Waals surface area contributed by atoms with E-state index in [0.29, 0.717) is 10.6 Å². The van der Waals surface area contributed by atoms with Crippen molar-refractivity contribution in [2.75, 3.05) is 12.4 Å². The Balaban J connectivity index is 2.07. The van der Waals surface area contributed by atoms with Gasteiger partial charge >= 0.3 is 5.97 Å². The summed E-state index contributed by atoms with van der Waals surface area (Å²) in [6.07, 6.45) is 1.86. The molecule has 1 N–H and O–H groups in total. The third-order valence-electron chi connectivity index (χ3n) is 3.16. The first-order valence-electron chi connectivity index (χ1n) is 6.11. The van der Waals surface area contributed by atoms with Gasteiger partial charge in [-0.2, -0.15) is 0 Å². The molecule has 0 aliphatic heterocycles. The van der Waals surface area contributed by atoms with Crippen LogP contribution in [0.2, 0.25) is 0 Å². The smallest absolute Gasteiger partial charge is 0.350 e. The van der Waals surface area contributed by atoms with Gasteiger partial charge in [0.05, 0.1) is 12.8 Å². The molecule has 3 rings (SSSR count). The largest absolute Gasteiger partial charge is 0.465 e. The number of nitrogens with one attached hydrogen (secondary N) is 1. The highest BCUT2D eigenvalue weighted by Crippen LogP contribution is 2.38. The van der Waals surface area contributed by atoms with E-state index < -0.39 is 5.97 Å². The summed E-state index contributed by atoms with van der Waals surface area (Å²) in [6, 6.07) is 7.63. The number of rotatable bonds is 3. The van der Waals surface area contributed by atoms with E-state index >= 15 is 0 Å². The Bertz CT molecular complexity index is 658. The lowest BCUT2D eigenvalue weighted by molar-refractivity contribution is -0.117. The van der Waals surface area contributed by atoms with Crippen LogP contribution < -0.4 is 5.32 Å². The number of anilines is 1. The van der Waals surface area contributed by atoms with Gasteiger partial charge in [0.25, 0.3) is 0 Å². The number of carbonyl (C=O) groups excluding carboxylic acids is 2. The Labute approximate surface area is 114 Å². The summed E-state index contributed by atoms with van der Waals surface area (Å²) in [4.78, 5) is 24.2. The number of thiophene rings is 1. The van der Waals surface area contributed by atoms with Gasteiger partial charge in [-0.05, 0) is 18.9 Å². The second kappa shape index (κ2) is 4.66. The Hall–Kier alpha value is -1.88. The van der Waals surface area contributed by atoms with Crippen molar-refractivity contribution in [3.63, 3.8) is 0 Å². The van der Waals surface area contributed by atoms with Crippen molar-refractivity contribution in [3.05, 3.63) is 29.1 Å². The zero-order valence-electron chi connectivity index (χ0n) is 10.4. The highest BCUT2D eigenvalue weighted by Gasteiger charge is 2.31. The summed E-state index contributed by atoms with van der Waals surface area (Å²) in [7, 11) is 1.35. The van der Waals surface area contributed by atoms with E-state index in [9.17, 15) is 9.59 Å². The number of methoxy groups -OCH3 is 1. The normalized spacial score (nSPS) is 14.4. The monoisotopic (exact) mass is 275 g/mol. The lowest BCUT2D eigenvalue weighted by Crippen LogP contribution is -2.15. The van der Waals surface area contributed by atoms with Gasteiger partial charge < -0.3 is 10.1 Å². The van der Waals surface area contributed by atoms with E-state index in [1.165, 1.54) is 18.4 Å². The van der Waals surface area contributed by atoms with Crippen LogP contribution in [0, 0.1) is 5.92 Å². The first kappa shape index (κ1) is 12.2. The van der Waals surface area contributed by atoms with Gasteiger partial charge in [-0.15, -0.1) is 11.3 Å². The SMILES string of the molecule is COC(=O)c1sc2ccccc2c1NC(=O)C1CC1. The van der Waals surface area contributed by atoms with Crippen LogP contribution in [0.1, 0.15) is 22.5 Å². The highest BCUT2D eigenvalue weighted by atomic mass is 32.1. The Morgan fingerprint density at radius 2 is 2.05 bits per heavy atom.